The summed E-state index contributed by atoms with van der Waals surface area (Å²) in [6.07, 6.45) is 6.59. The average molecular weight is 270 g/mol. The predicted molar refractivity (Wildman–Crippen MR) is 73.0 cm³/mol. The molecule has 1 unspecified atom stereocenters. The molecule has 110 valence electrons. The van der Waals surface area contributed by atoms with E-state index in [2.05, 4.69) is 5.32 Å². The zero-order valence-corrected chi connectivity index (χ0v) is 11.9. The Morgan fingerprint density at radius 3 is 2.79 bits per heavy atom. The Hall–Kier alpha value is -0.810. The van der Waals surface area contributed by atoms with Gasteiger partial charge in [0, 0.05) is 26.3 Å². The maximum absolute atomic E-state index is 12.1. The molecule has 1 saturated heterocycles. The lowest BCUT2D eigenvalue weighted by Crippen LogP contribution is -2.48. The first-order valence-electron chi connectivity index (χ1n) is 7.41. The number of amides is 2. The first-order chi connectivity index (χ1) is 9.09. The van der Waals surface area contributed by atoms with E-state index in [4.69, 9.17) is 4.74 Å². The van der Waals surface area contributed by atoms with E-state index >= 15 is 0 Å². The van der Waals surface area contributed by atoms with E-state index in [0.29, 0.717) is 6.54 Å². The van der Waals surface area contributed by atoms with Gasteiger partial charge in [0.15, 0.2) is 0 Å². The SMILES string of the molecule is CN(CC1(O)CCCC1)C(=O)NC1CCCOCC1. The second kappa shape index (κ2) is 6.57. The van der Waals surface area contributed by atoms with E-state index in [1.54, 1.807) is 11.9 Å². The molecule has 2 aliphatic rings. The third-order valence-corrected chi connectivity index (χ3v) is 4.19. The van der Waals surface area contributed by atoms with Crippen LogP contribution in [0.1, 0.15) is 44.9 Å². The summed E-state index contributed by atoms with van der Waals surface area (Å²) >= 11 is 0. The van der Waals surface area contributed by atoms with Crippen molar-refractivity contribution in [3.05, 3.63) is 0 Å². The van der Waals surface area contributed by atoms with E-state index < -0.39 is 5.60 Å². The monoisotopic (exact) mass is 270 g/mol. The van der Waals surface area contributed by atoms with Gasteiger partial charge in [0.2, 0.25) is 0 Å². The highest BCUT2D eigenvalue weighted by molar-refractivity contribution is 5.74. The molecule has 5 nitrogen and oxygen atoms in total. The van der Waals surface area contributed by atoms with Crippen molar-refractivity contribution in [2.75, 3.05) is 26.8 Å². The highest BCUT2D eigenvalue weighted by atomic mass is 16.5. The summed E-state index contributed by atoms with van der Waals surface area (Å²) in [6.45, 7) is 1.95. The molecule has 19 heavy (non-hydrogen) atoms. The fraction of sp³-hybridized carbons (Fsp3) is 0.929. The Morgan fingerprint density at radius 1 is 1.32 bits per heavy atom. The van der Waals surface area contributed by atoms with Crippen LogP contribution in [0.4, 0.5) is 4.79 Å². The van der Waals surface area contributed by atoms with Crippen LogP contribution in [0.25, 0.3) is 0 Å². The second-order valence-electron chi connectivity index (χ2n) is 5.98. The normalized spacial score (nSPS) is 26.7. The standard InChI is InChI=1S/C14H26N2O3/c1-16(11-14(18)7-2-3-8-14)13(17)15-12-5-4-9-19-10-6-12/h12,18H,2-11H2,1H3,(H,15,17). The van der Waals surface area contributed by atoms with Crippen LogP contribution in [0, 0.1) is 0 Å². The van der Waals surface area contributed by atoms with E-state index in [1.807, 2.05) is 0 Å². The Balaban J connectivity index is 1.78. The van der Waals surface area contributed by atoms with E-state index in [0.717, 1.165) is 58.2 Å². The van der Waals surface area contributed by atoms with E-state index in [-0.39, 0.29) is 12.1 Å². The number of hydrogen-bond donors (Lipinski definition) is 2. The van der Waals surface area contributed by atoms with Crippen molar-refractivity contribution in [1.29, 1.82) is 0 Å². The Labute approximate surface area is 115 Å². The summed E-state index contributed by atoms with van der Waals surface area (Å²) in [7, 11) is 1.76. The van der Waals surface area contributed by atoms with Gasteiger partial charge < -0.3 is 20.1 Å². The fourth-order valence-electron chi connectivity index (χ4n) is 3.04. The zero-order chi connectivity index (χ0) is 13.7. The van der Waals surface area contributed by atoms with Gasteiger partial charge in [-0.15, -0.1) is 0 Å². The molecule has 0 aromatic carbocycles. The number of likely N-dealkylation sites (N-methyl/N-ethyl adjacent to an activating group) is 1. The number of carbonyl (C=O) groups excluding carboxylic acids is 1. The third kappa shape index (κ3) is 4.35. The van der Waals surface area contributed by atoms with Crippen LogP contribution in [0.2, 0.25) is 0 Å². The molecule has 1 aliphatic heterocycles. The summed E-state index contributed by atoms with van der Waals surface area (Å²) in [5.41, 5.74) is -0.668. The van der Waals surface area contributed by atoms with Crippen molar-refractivity contribution < 1.29 is 14.6 Å². The van der Waals surface area contributed by atoms with Crippen molar-refractivity contribution >= 4 is 6.03 Å². The quantitative estimate of drug-likeness (QED) is 0.817. The number of ether oxygens (including phenoxy) is 1. The molecule has 0 spiro atoms. The molecule has 1 atom stereocenters. The Kier molecular flexibility index (Phi) is 5.05. The molecule has 2 amide bonds. The summed E-state index contributed by atoms with van der Waals surface area (Å²) in [4.78, 5) is 13.7. The van der Waals surface area contributed by atoms with Gasteiger partial charge >= 0.3 is 6.03 Å². The van der Waals surface area contributed by atoms with Gasteiger partial charge in [0.1, 0.15) is 0 Å². The molecule has 2 rings (SSSR count). The van der Waals surface area contributed by atoms with Crippen LogP contribution in [-0.4, -0.2) is 54.5 Å². The number of urea groups is 1. The topological polar surface area (TPSA) is 61.8 Å². The van der Waals surface area contributed by atoms with Gasteiger partial charge in [0.25, 0.3) is 0 Å². The maximum Gasteiger partial charge on any atom is 0.317 e. The molecule has 1 aliphatic carbocycles. The predicted octanol–water partition coefficient (Wildman–Crippen LogP) is 1.50. The average Bonchev–Trinajstić information content (AvgIpc) is 2.64. The minimum atomic E-state index is -0.668. The minimum absolute atomic E-state index is 0.0766. The number of nitrogens with one attached hydrogen (secondary N) is 1. The van der Waals surface area contributed by atoms with E-state index in [9.17, 15) is 9.90 Å². The summed E-state index contributed by atoms with van der Waals surface area (Å²) in [5.74, 6) is 0. The highest BCUT2D eigenvalue weighted by Crippen LogP contribution is 2.29. The van der Waals surface area contributed by atoms with Gasteiger partial charge in [-0.1, -0.05) is 12.8 Å². The van der Waals surface area contributed by atoms with E-state index in [1.165, 1.54) is 0 Å². The molecular formula is C14H26N2O3. The largest absolute Gasteiger partial charge is 0.388 e. The number of carbonyl (C=O) groups is 1. The molecule has 0 radical (unpaired) electrons. The lowest BCUT2D eigenvalue weighted by molar-refractivity contribution is 0.0243. The minimum Gasteiger partial charge on any atom is -0.388 e. The van der Waals surface area contributed by atoms with Gasteiger partial charge in [-0.2, -0.15) is 0 Å². The number of hydrogen-bond acceptors (Lipinski definition) is 3. The molecule has 0 bridgehead atoms. The lowest BCUT2D eigenvalue weighted by atomic mass is 10.0. The van der Waals surface area contributed by atoms with Crippen LogP contribution < -0.4 is 5.32 Å². The van der Waals surface area contributed by atoms with Crippen LogP contribution in [0.3, 0.4) is 0 Å². The first-order valence-corrected chi connectivity index (χ1v) is 7.41. The van der Waals surface area contributed by atoms with Crippen molar-refractivity contribution in [3.63, 3.8) is 0 Å². The molecule has 2 N–H and O–H groups in total. The molecule has 1 heterocycles. The summed E-state index contributed by atoms with van der Waals surface area (Å²) in [5, 5.41) is 13.4. The molecule has 2 fully saturated rings. The van der Waals surface area contributed by atoms with Gasteiger partial charge in [-0.3, -0.25) is 0 Å². The lowest BCUT2D eigenvalue weighted by Gasteiger charge is -2.30. The van der Waals surface area contributed by atoms with Crippen LogP contribution >= 0.6 is 0 Å². The smallest absolute Gasteiger partial charge is 0.317 e. The van der Waals surface area contributed by atoms with Crippen molar-refractivity contribution in [2.45, 2.75) is 56.6 Å². The molecule has 0 aromatic rings. The Morgan fingerprint density at radius 2 is 2.05 bits per heavy atom. The van der Waals surface area contributed by atoms with Crippen molar-refractivity contribution in [3.8, 4) is 0 Å². The fourth-order valence-corrected chi connectivity index (χ4v) is 3.04. The zero-order valence-electron chi connectivity index (χ0n) is 11.9. The number of nitrogens with zero attached hydrogens (tertiary/aromatic N) is 1. The number of aliphatic hydroxyl groups is 1. The number of rotatable bonds is 3. The van der Waals surface area contributed by atoms with Crippen LogP contribution in [-0.2, 0) is 4.74 Å². The third-order valence-electron chi connectivity index (χ3n) is 4.19. The second-order valence-corrected chi connectivity index (χ2v) is 5.98. The Bertz CT molecular complexity index is 295. The van der Waals surface area contributed by atoms with Crippen molar-refractivity contribution in [1.82, 2.24) is 10.2 Å². The first kappa shape index (κ1) is 14.6. The molecule has 0 aromatic heterocycles. The van der Waals surface area contributed by atoms with Crippen molar-refractivity contribution in [2.24, 2.45) is 0 Å². The van der Waals surface area contributed by atoms with Crippen LogP contribution in [0.5, 0.6) is 0 Å². The highest BCUT2D eigenvalue weighted by Gasteiger charge is 2.33. The maximum atomic E-state index is 12.1. The molecule has 5 heteroatoms. The molecule has 1 saturated carbocycles. The molecular weight excluding hydrogens is 244 g/mol. The van der Waals surface area contributed by atoms with Gasteiger partial charge in [0.05, 0.1) is 12.1 Å². The summed E-state index contributed by atoms with van der Waals surface area (Å²) in [6, 6.07) is 0.128. The van der Waals surface area contributed by atoms with Gasteiger partial charge in [-0.25, -0.2) is 4.79 Å². The van der Waals surface area contributed by atoms with Crippen LogP contribution in [0.15, 0.2) is 0 Å². The van der Waals surface area contributed by atoms with Gasteiger partial charge in [-0.05, 0) is 32.1 Å². The summed E-state index contributed by atoms with van der Waals surface area (Å²) < 4.78 is 5.39.